The number of unbranched alkanes of at least 4 members (excludes halogenated alkanes) is 1. The summed E-state index contributed by atoms with van der Waals surface area (Å²) in [4.78, 5) is 144. The first-order chi connectivity index (χ1) is 43.7. The van der Waals surface area contributed by atoms with E-state index in [1.807, 2.05) is 13.8 Å². The zero-order valence-corrected chi connectivity index (χ0v) is 54.5. The van der Waals surface area contributed by atoms with Gasteiger partial charge in [0.05, 0.1) is 47.1 Å². The number of ketones is 1. The summed E-state index contributed by atoms with van der Waals surface area (Å²) in [5.74, 6) is -5.74. The van der Waals surface area contributed by atoms with Crippen LogP contribution in [0.3, 0.4) is 0 Å². The van der Waals surface area contributed by atoms with Gasteiger partial charge in [-0.3, -0.25) is 38.5 Å². The van der Waals surface area contributed by atoms with E-state index in [1.54, 1.807) is 70.9 Å². The third-order valence-corrected chi connectivity index (χ3v) is 20.9. The number of aliphatic carboxylic acids is 2. The van der Waals surface area contributed by atoms with Gasteiger partial charge < -0.3 is 46.1 Å². The maximum atomic E-state index is 14.4. The van der Waals surface area contributed by atoms with Gasteiger partial charge in [-0.1, -0.05) is 44.2 Å². The lowest BCUT2D eigenvalue weighted by Crippen LogP contribution is -2.40. The number of anilines is 1. The molecule has 91 heavy (non-hydrogen) atoms. The van der Waals surface area contributed by atoms with E-state index in [2.05, 4.69) is 21.3 Å². The molecule has 10 bridgehead atoms. The molecule has 476 valence electrons. The minimum Gasteiger partial charge on any atom is -0.481 e. The summed E-state index contributed by atoms with van der Waals surface area (Å²) < 4.78 is 11.3. The average molecular weight is 1350 g/mol. The molecule has 0 saturated heterocycles. The van der Waals surface area contributed by atoms with Crippen molar-refractivity contribution in [2.24, 2.45) is 11.8 Å². The van der Waals surface area contributed by atoms with Crippen molar-refractivity contribution in [3.63, 3.8) is 0 Å². The van der Waals surface area contributed by atoms with E-state index in [4.69, 9.17) is 44.4 Å². The average Bonchev–Trinajstić information content (AvgIpc) is 1.85. The predicted octanol–water partition coefficient (Wildman–Crippen LogP) is 9.65. The number of hydrogen-bond donors (Lipinski definition) is 7. The number of nitrogens with one attached hydrogen (secondary N) is 4. The number of carboxylic acids is 2. The Hall–Kier alpha value is -8.17. The molecule has 5 amide bonds. The van der Waals surface area contributed by atoms with Crippen molar-refractivity contribution in [1.82, 2.24) is 56.2 Å². The maximum Gasteiger partial charge on any atom is 0.415 e. The van der Waals surface area contributed by atoms with E-state index in [0.717, 1.165) is 22.7 Å². The summed E-state index contributed by atoms with van der Waals surface area (Å²) in [6.07, 6.45) is -1.69. The molecule has 7 aromatic heterocycles. The van der Waals surface area contributed by atoms with Crippen LogP contribution in [0, 0.1) is 18.8 Å². The molecular weight excluding hydrogens is 1290 g/mol. The second kappa shape index (κ2) is 29.4. The zero-order valence-electron chi connectivity index (χ0n) is 49.6. The van der Waals surface area contributed by atoms with Crippen molar-refractivity contribution in [1.29, 1.82) is 0 Å². The number of aliphatic hydroxyl groups excluding tert-OH is 1. The predicted molar refractivity (Wildman–Crippen MR) is 342 cm³/mol. The van der Waals surface area contributed by atoms with Crippen LogP contribution in [0.25, 0.3) is 43.4 Å². The fourth-order valence-corrected chi connectivity index (χ4v) is 15.9. The molecule has 1 aromatic carbocycles. The molecule has 7 N–H and O–H groups in total. The van der Waals surface area contributed by atoms with Gasteiger partial charge in [-0.2, -0.15) is 0 Å². The van der Waals surface area contributed by atoms with Crippen LogP contribution in [0.15, 0.2) is 64.0 Å². The number of pyridine rings is 1. The molecule has 1 saturated carbocycles. The van der Waals surface area contributed by atoms with Crippen LogP contribution in [0.5, 0.6) is 0 Å². The molecule has 10 rings (SSSR count). The molecule has 1 aliphatic carbocycles. The molecule has 1 fully saturated rings. The summed E-state index contributed by atoms with van der Waals surface area (Å²) in [5, 5.41) is 51.0. The molecule has 0 radical (unpaired) electrons. The normalized spacial score (nSPS) is 18.4. The van der Waals surface area contributed by atoms with E-state index in [0.29, 0.717) is 93.0 Å². The Balaban J connectivity index is 1.04. The summed E-state index contributed by atoms with van der Waals surface area (Å²) in [6, 6.07) is 10.1. The van der Waals surface area contributed by atoms with Crippen LogP contribution in [0.4, 0.5) is 10.6 Å². The number of nitrogens with zero attached hydrogens (tertiary/aromatic N) is 8. The van der Waals surface area contributed by atoms with Gasteiger partial charge in [0.15, 0.2) is 5.78 Å². The number of Topliss-reactive ketones (excluding diaryl/α,β-unsaturated/α-hetero) is 1. The first-order valence-corrected chi connectivity index (χ1v) is 34.0. The number of thiazole rings is 6. The Kier molecular flexibility index (Phi) is 21.3. The third kappa shape index (κ3) is 15.6. The number of aryl methyl sites for hydroxylation is 1. The number of rotatable bonds is 16. The van der Waals surface area contributed by atoms with E-state index >= 15 is 0 Å². The molecular formula is C60H62N12O13S6. The van der Waals surface area contributed by atoms with Crippen molar-refractivity contribution < 1.29 is 63.1 Å². The molecule has 0 spiro atoms. The van der Waals surface area contributed by atoms with Crippen LogP contribution in [-0.4, -0.2) is 131 Å². The Morgan fingerprint density at radius 3 is 2.21 bits per heavy atom. The number of benzene rings is 1. The minimum absolute atomic E-state index is 0.00104. The fraction of sp³-hybridized carbons (Fsp3) is 0.383. The molecule has 2 aliphatic rings. The van der Waals surface area contributed by atoms with Crippen molar-refractivity contribution in [3.8, 4) is 43.4 Å². The van der Waals surface area contributed by atoms with Crippen LogP contribution in [-0.2, 0) is 35.3 Å². The Labute approximate surface area is 544 Å². The maximum absolute atomic E-state index is 14.4. The smallest absolute Gasteiger partial charge is 0.415 e. The second-order valence-corrected chi connectivity index (χ2v) is 27.6. The Bertz CT molecular complexity index is 4010. The van der Waals surface area contributed by atoms with Gasteiger partial charge in [-0.05, 0) is 62.6 Å². The van der Waals surface area contributed by atoms with Crippen molar-refractivity contribution >= 4 is 121 Å². The fourth-order valence-electron chi connectivity index (χ4n) is 10.3. The van der Waals surface area contributed by atoms with Crippen molar-refractivity contribution in [3.05, 3.63) is 111 Å². The van der Waals surface area contributed by atoms with Gasteiger partial charge in [0.2, 0.25) is 11.8 Å². The number of hydrogen-bond acceptors (Lipinski definition) is 24. The Morgan fingerprint density at radius 2 is 1.47 bits per heavy atom. The Morgan fingerprint density at radius 1 is 0.747 bits per heavy atom. The summed E-state index contributed by atoms with van der Waals surface area (Å²) >= 11 is 7.10. The lowest BCUT2D eigenvalue weighted by atomic mass is 9.90. The third-order valence-electron chi connectivity index (χ3n) is 15.1. The molecule has 6 atom stereocenters. The lowest BCUT2D eigenvalue weighted by Gasteiger charge is -2.23. The number of aromatic nitrogens is 7. The van der Waals surface area contributed by atoms with Crippen molar-refractivity contribution in [2.75, 3.05) is 32.1 Å². The van der Waals surface area contributed by atoms with Gasteiger partial charge in [0.25, 0.3) is 11.8 Å². The van der Waals surface area contributed by atoms with Gasteiger partial charge in [-0.15, -0.1) is 68.0 Å². The van der Waals surface area contributed by atoms with Crippen LogP contribution < -0.4 is 26.2 Å². The van der Waals surface area contributed by atoms with Crippen LogP contribution >= 0.6 is 68.0 Å². The van der Waals surface area contributed by atoms with E-state index in [-0.39, 0.29) is 79.9 Å². The zero-order chi connectivity index (χ0) is 64.6. The topological polar surface area (TPSA) is 357 Å². The highest BCUT2D eigenvalue weighted by atomic mass is 32.1. The molecule has 31 heteroatoms. The highest BCUT2D eigenvalue weighted by molar-refractivity contribution is 7.15. The number of fused-ring (bicyclic) bond motifs is 14. The first kappa shape index (κ1) is 65.8. The van der Waals surface area contributed by atoms with E-state index < -0.39 is 84.3 Å². The number of ether oxygens (including phenoxy) is 2. The highest BCUT2D eigenvalue weighted by Gasteiger charge is 2.36. The number of carboxylic acid groups (broad SMARTS) is 2. The number of carbonyl (C=O) groups is 8. The van der Waals surface area contributed by atoms with Crippen LogP contribution in [0.2, 0.25) is 0 Å². The standard InChI is InChI=1S/C60H62N12O13S6/c1-28(2)34-20-40(73)46-29(3)90-57(70-46)36(21-43(74)61-4)64-51(79)38-25-86-53(66-38)33-16-17-35(55-68-42(27-89-55)72(18-10-9-13-45(76)77)60(83)85-32-15-14-31(19-32)59(81)82)63-47(33)37-24-87-56(65-37)39-26-88-58(67-39)49(50(78)30-11-7-6-8-12-30)69-44(75)22-62-52(80)48-41(23-84-5)91-54(34)71-48/h6-8,11-12,16-17,24-28,31-32,34,36,49-50,78H,9-10,13-15,18-23H2,1-5H3,(H,61,74)(H,62,80)(H,64,79)(H,69,75)(H,76,77)(H,81,82)/t31-,32-,34?,36-,49-,50-/m0/s1. The summed E-state index contributed by atoms with van der Waals surface area (Å²) in [6.45, 7) is 5.15. The molecule has 8 aromatic rings. The second-order valence-electron chi connectivity index (χ2n) is 21.8. The monoisotopic (exact) mass is 1350 g/mol. The number of carbonyl (C=O) groups excluding carboxylic acids is 6. The SMILES string of the molecule is CNC(=O)C[C@@H]1NC(=O)c2csc(n2)-c2ccc(-c3nc(N(CCCCC(=O)O)C(=O)O[C@H]4CC[C@H](C(=O)O)C4)cs3)nc2-c2csc(n2)-c2csc(n2)[C@H]([C@@H](O)c2ccccc2)NC(=O)CNC(=O)c2nc(sc2COC)C(C(C)C)CC(=O)c2nc1sc2C. The van der Waals surface area contributed by atoms with Gasteiger partial charge in [0.1, 0.15) is 83.3 Å². The van der Waals surface area contributed by atoms with E-state index in [1.165, 1.54) is 64.4 Å². The number of aliphatic hydroxyl groups is 1. The number of amides is 5. The summed E-state index contributed by atoms with van der Waals surface area (Å²) in [7, 11) is 2.94. The first-order valence-electron chi connectivity index (χ1n) is 28.8. The molecule has 1 aliphatic heterocycles. The molecule has 1 unspecified atom stereocenters. The molecule has 8 heterocycles. The van der Waals surface area contributed by atoms with Gasteiger partial charge in [0, 0.05) is 71.4 Å². The van der Waals surface area contributed by atoms with Gasteiger partial charge >= 0.3 is 18.0 Å². The van der Waals surface area contributed by atoms with Gasteiger partial charge in [-0.25, -0.2) is 39.7 Å². The highest BCUT2D eigenvalue weighted by Crippen LogP contribution is 2.41. The number of methoxy groups -OCH3 is 1. The lowest BCUT2D eigenvalue weighted by molar-refractivity contribution is -0.142. The largest absolute Gasteiger partial charge is 0.481 e. The van der Waals surface area contributed by atoms with Crippen LogP contribution in [0.1, 0.15) is 151 Å². The minimum atomic E-state index is -1.30. The van der Waals surface area contributed by atoms with Crippen molar-refractivity contribution in [2.45, 2.75) is 109 Å². The van der Waals surface area contributed by atoms with E-state index in [9.17, 15) is 53.7 Å². The summed E-state index contributed by atoms with van der Waals surface area (Å²) in [5.41, 5.74) is 2.51. The quantitative estimate of drug-likeness (QED) is 0.0442. The molecule has 25 nitrogen and oxygen atoms in total.